The van der Waals surface area contributed by atoms with Crippen LogP contribution in [0.15, 0.2) is 29.0 Å². The summed E-state index contributed by atoms with van der Waals surface area (Å²) in [5.41, 5.74) is 2.11. The summed E-state index contributed by atoms with van der Waals surface area (Å²) in [4.78, 5) is 4.05. The van der Waals surface area contributed by atoms with Crippen LogP contribution in [0.1, 0.15) is 11.4 Å². The first-order valence-corrected chi connectivity index (χ1v) is 5.29. The van der Waals surface area contributed by atoms with Crippen LogP contribution in [-0.4, -0.2) is 19.9 Å². The molecule has 4 nitrogen and oxygen atoms in total. The molecule has 2 aromatic rings. The number of hydrogen-bond acceptors (Lipinski definition) is 3. The number of aliphatic hydroxyl groups is 1. The predicted molar refractivity (Wildman–Crippen MR) is 59.7 cm³/mol. The van der Waals surface area contributed by atoms with Gasteiger partial charge in [0.15, 0.2) is 10.6 Å². The molecular formula is C10H10BrN3O. The molecule has 0 saturated heterocycles. The Morgan fingerprint density at radius 2 is 2.00 bits per heavy atom. The third-order valence-electron chi connectivity index (χ3n) is 2.03. The van der Waals surface area contributed by atoms with Crippen molar-refractivity contribution >= 4 is 15.9 Å². The van der Waals surface area contributed by atoms with Gasteiger partial charge in [-0.15, -0.1) is 5.10 Å². The van der Waals surface area contributed by atoms with Crippen molar-refractivity contribution in [3.05, 3.63) is 40.4 Å². The number of aromatic nitrogens is 3. The Balaban J connectivity index is 2.44. The molecule has 1 heterocycles. The SMILES string of the molecule is Cc1ccc(-n2nc(CO)nc2Br)cc1. The van der Waals surface area contributed by atoms with Crippen LogP contribution >= 0.6 is 15.9 Å². The molecule has 0 fully saturated rings. The molecule has 15 heavy (non-hydrogen) atoms. The summed E-state index contributed by atoms with van der Waals surface area (Å²) < 4.78 is 2.24. The second kappa shape index (κ2) is 4.12. The van der Waals surface area contributed by atoms with E-state index >= 15 is 0 Å². The lowest BCUT2D eigenvalue weighted by atomic mass is 10.2. The van der Waals surface area contributed by atoms with Crippen molar-refractivity contribution in [1.29, 1.82) is 0 Å². The van der Waals surface area contributed by atoms with E-state index in [1.807, 2.05) is 31.2 Å². The molecule has 0 unspecified atom stereocenters. The van der Waals surface area contributed by atoms with Crippen LogP contribution in [0.3, 0.4) is 0 Å². The fraction of sp³-hybridized carbons (Fsp3) is 0.200. The van der Waals surface area contributed by atoms with Crippen molar-refractivity contribution in [2.24, 2.45) is 0 Å². The number of hydrogen-bond donors (Lipinski definition) is 1. The van der Waals surface area contributed by atoms with E-state index < -0.39 is 0 Å². The Labute approximate surface area is 95.7 Å². The fourth-order valence-electron chi connectivity index (χ4n) is 1.25. The van der Waals surface area contributed by atoms with E-state index in [0.717, 1.165) is 5.69 Å². The molecule has 78 valence electrons. The Kier molecular flexibility index (Phi) is 2.83. The number of halogens is 1. The summed E-state index contributed by atoms with van der Waals surface area (Å²) in [5, 5.41) is 13.0. The van der Waals surface area contributed by atoms with Gasteiger partial charge in [-0.1, -0.05) is 17.7 Å². The average molecular weight is 268 g/mol. The fourth-order valence-corrected chi connectivity index (χ4v) is 1.74. The lowest BCUT2D eigenvalue weighted by Gasteiger charge is -2.01. The average Bonchev–Trinajstić information content (AvgIpc) is 2.61. The standard InChI is InChI=1S/C10H10BrN3O/c1-7-2-4-8(5-3-7)14-10(11)12-9(6-15)13-14/h2-5,15H,6H2,1H3. The minimum atomic E-state index is -0.155. The van der Waals surface area contributed by atoms with Gasteiger partial charge in [-0.05, 0) is 35.0 Å². The van der Waals surface area contributed by atoms with Gasteiger partial charge in [0.1, 0.15) is 6.61 Å². The van der Waals surface area contributed by atoms with Crippen LogP contribution in [0.4, 0.5) is 0 Å². The highest BCUT2D eigenvalue weighted by Crippen LogP contribution is 2.15. The lowest BCUT2D eigenvalue weighted by Crippen LogP contribution is -1.97. The summed E-state index contributed by atoms with van der Waals surface area (Å²) >= 11 is 3.29. The van der Waals surface area contributed by atoms with Gasteiger partial charge in [-0.2, -0.15) is 0 Å². The first kappa shape index (κ1) is 10.3. The number of aryl methyl sites for hydroxylation is 1. The largest absolute Gasteiger partial charge is 0.388 e. The monoisotopic (exact) mass is 267 g/mol. The first-order chi connectivity index (χ1) is 7.20. The zero-order valence-corrected chi connectivity index (χ0v) is 9.77. The third kappa shape index (κ3) is 2.08. The zero-order chi connectivity index (χ0) is 10.8. The third-order valence-corrected chi connectivity index (χ3v) is 2.54. The highest BCUT2D eigenvalue weighted by atomic mass is 79.9. The van der Waals surface area contributed by atoms with Crippen molar-refractivity contribution in [1.82, 2.24) is 14.8 Å². The predicted octanol–water partition coefficient (Wildman–Crippen LogP) is 1.83. The molecule has 0 amide bonds. The molecule has 0 atom stereocenters. The smallest absolute Gasteiger partial charge is 0.200 e. The van der Waals surface area contributed by atoms with Crippen molar-refractivity contribution in [3.8, 4) is 5.69 Å². The molecule has 1 N–H and O–H groups in total. The molecule has 0 bridgehead atoms. The summed E-state index contributed by atoms with van der Waals surface area (Å²) in [6, 6.07) is 7.91. The molecular weight excluding hydrogens is 258 g/mol. The van der Waals surface area contributed by atoms with Crippen molar-refractivity contribution < 1.29 is 5.11 Å². The maximum Gasteiger partial charge on any atom is 0.200 e. The highest BCUT2D eigenvalue weighted by molar-refractivity contribution is 9.10. The molecule has 0 saturated carbocycles. The summed E-state index contributed by atoms with van der Waals surface area (Å²) in [7, 11) is 0. The van der Waals surface area contributed by atoms with Gasteiger partial charge in [0.2, 0.25) is 0 Å². The first-order valence-electron chi connectivity index (χ1n) is 4.50. The molecule has 5 heteroatoms. The van der Waals surface area contributed by atoms with Crippen LogP contribution in [0.2, 0.25) is 0 Å². The van der Waals surface area contributed by atoms with E-state index in [9.17, 15) is 0 Å². The van der Waals surface area contributed by atoms with E-state index in [1.165, 1.54) is 5.56 Å². The van der Waals surface area contributed by atoms with Gasteiger partial charge in [0.25, 0.3) is 0 Å². The van der Waals surface area contributed by atoms with Gasteiger partial charge in [0, 0.05) is 0 Å². The van der Waals surface area contributed by atoms with Crippen LogP contribution < -0.4 is 0 Å². The second-order valence-electron chi connectivity index (χ2n) is 3.20. The minimum absolute atomic E-state index is 0.155. The normalized spacial score (nSPS) is 10.6. The molecule has 0 aliphatic heterocycles. The topological polar surface area (TPSA) is 50.9 Å². The maximum atomic E-state index is 8.91. The molecule has 2 rings (SSSR count). The summed E-state index contributed by atoms with van der Waals surface area (Å²) in [6.45, 7) is 1.87. The van der Waals surface area contributed by atoms with E-state index in [-0.39, 0.29) is 6.61 Å². The van der Waals surface area contributed by atoms with E-state index in [2.05, 4.69) is 26.0 Å². The highest BCUT2D eigenvalue weighted by Gasteiger charge is 2.07. The second-order valence-corrected chi connectivity index (χ2v) is 3.91. The van der Waals surface area contributed by atoms with Crippen molar-refractivity contribution in [2.75, 3.05) is 0 Å². The Morgan fingerprint density at radius 3 is 2.53 bits per heavy atom. The van der Waals surface area contributed by atoms with Crippen LogP contribution in [0.5, 0.6) is 0 Å². The quantitative estimate of drug-likeness (QED) is 0.904. The molecule has 0 spiro atoms. The zero-order valence-electron chi connectivity index (χ0n) is 8.18. The van der Waals surface area contributed by atoms with Crippen molar-refractivity contribution in [2.45, 2.75) is 13.5 Å². The van der Waals surface area contributed by atoms with E-state index in [4.69, 9.17) is 5.11 Å². The molecule has 1 aromatic heterocycles. The van der Waals surface area contributed by atoms with E-state index in [0.29, 0.717) is 10.6 Å². The minimum Gasteiger partial charge on any atom is -0.388 e. The van der Waals surface area contributed by atoms with Gasteiger partial charge in [0.05, 0.1) is 5.69 Å². The summed E-state index contributed by atoms with van der Waals surface area (Å²) in [6.07, 6.45) is 0. The number of benzene rings is 1. The Hall–Kier alpha value is -1.20. The molecule has 0 aliphatic carbocycles. The maximum absolute atomic E-state index is 8.91. The number of aliphatic hydroxyl groups excluding tert-OH is 1. The number of rotatable bonds is 2. The van der Waals surface area contributed by atoms with Crippen LogP contribution in [0.25, 0.3) is 5.69 Å². The van der Waals surface area contributed by atoms with E-state index in [1.54, 1.807) is 4.68 Å². The van der Waals surface area contributed by atoms with Gasteiger partial charge in [-0.25, -0.2) is 9.67 Å². The summed E-state index contributed by atoms with van der Waals surface area (Å²) in [5.74, 6) is 0.405. The van der Waals surface area contributed by atoms with Crippen molar-refractivity contribution in [3.63, 3.8) is 0 Å². The Bertz CT molecular complexity index is 464. The Morgan fingerprint density at radius 1 is 1.33 bits per heavy atom. The molecule has 0 aliphatic rings. The van der Waals surface area contributed by atoms with Crippen LogP contribution in [0, 0.1) is 6.92 Å². The number of nitrogens with zero attached hydrogens (tertiary/aromatic N) is 3. The lowest BCUT2D eigenvalue weighted by molar-refractivity contribution is 0.271. The molecule has 1 aromatic carbocycles. The van der Waals surface area contributed by atoms with Crippen LogP contribution in [-0.2, 0) is 6.61 Å². The molecule has 0 radical (unpaired) electrons. The van der Waals surface area contributed by atoms with Gasteiger partial charge < -0.3 is 5.11 Å². The van der Waals surface area contributed by atoms with Gasteiger partial charge >= 0.3 is 0 Å². The van der Waals surface area contributed by atoms with Gasteiger partial charge in [-0.3, -0.25) is 0 Å².